The van der Waals surface area contributed by atoms with Crippen molar-refractivity contribution in [2.75, 3.05) is 7.05 Å². The molecule has 5 saturated carbocycles. The predicted molar refractivity (Wildman–Crippen MR) is 118 cm³/mol. The van der Waals surface area contributed by atoms with E-state index in [4.69, 9.17) is 16.2 Å². The summed E-state index contributed by atoms with van der Waals surface area (Å²) in [5, 5.41) is 12.5. The summed E-state index contributed by atoms with van der Waals surface area (Å²) in [5.74, 6) is 0.321. The summed E-state index contributed by atoms with van der Waals surface area (Å²) >= 11 is 0. The molecule has 0 aromatic carbocycles. The lowest BCUT2D eigenvalue weighted by atomic mass is 9.46. The fourth-order valence-corrected chi connectivity index (χ4v) is 7.99. The third kappa shape index (κ3) is 3.81. The number of carbonyl (C=O) groups excluding carboxylic acids is 3. The van der Waals surface area contributed by atoms with Crippen LogP contribution in [0.5, 0.6) is 0 Å². The summed E-state index contributed by atoms with van der Waals surface area (Å²) in [6, 6.07) is 0.840. The van der Waals surface area contributed by atoms with E-state index in [1.54, 1.807) is 11.9 Å². The maximum Gasteiger partial charge on any atom is 0.323 e. The number of likely N-dealkylation sites (N-methyl/N-ethyl adjacent to an activating group) is 1. The molecule has 6 aliphatic rings. The number of nitrogens with one attached hydrogen (secondary N) is 1. The topological polar surface area (TPSA) is 152 Å². The molecule has 5 aliphatic carbocycles. The van der Waals surface area contributed by atoms with Gasteiger partial charge in [-0.3, -0.25) is 14.4 Å². The quantitative estimate of drug-likeness (QED) is 0.450. The van der Waals surface area contributed by atoms with Crippen LogP contribution in [0.4, 0.5) is 0 Å². The van der Waals surface area contributed by atoms with Crippen molar-refractivity contribution in [3.05, 3.63) is 0 Å². The standard InChI is InChI=1S/C24H35N5O4/c1-28-17(2-3-19(26)30)22(32)33-24-9-13-4-14(10-24)8-23(7-13,12-24)20(27)21(31)29-16(11-25)5-15-6-18(15)29/h13-18,20,28H,2-10,12,27H2,1H3,(H2,26,30). The molecule has 2 amide bonds. The van der Waals surface area contributed by atoms with Crippen LogP contribution >= 0.6 is 0 Å². The Kier molecular flexibility index (Phi) is 5.44. The van der Waals surface area contributed by atoms with E-state index in [9.17, 15) is 19.6 Å². The Morgan fingerprint density at radius 3 is 2.48 bits per heavy atom. The van der Waals surface area contributed by atoms with E-state index in [-0.39, 0.29) is 30.4 Å². The minimum absolute atomic E-state index is 0.0930. The van der Waals surface area contributed by atoms with Gasteiger partial charge >= 0.3 is 5.97 Å². The molecule has 9 heteroatoms. The highest BCUT2D eigenvalue weighted by molar-refractivity contribution is 5.84. The third-order valence-corrected chi connectivity index (χ3v) is 9.12. The number of nitrogens with zero attached hydrogens (tertiary/aromatic N) is 2. The molecule has 33 heavy (non-hydrogen) atoms. The zero-order chi connectivity index (χ0) is 23.5. The highest BCUT2D eigenvalue weighted by atomic mass is 16.6. The minimum Gasteiger partial charge on any atom is -0.458 e. The van der Waals surface area contributed by atoms with Gasteiger partial charge in [-0.15, -0.1) is 0 Å². The van der Waals surface area contributed by atoms with Crippen molar-refractivity contribution in [1.82, 2.24) is 10.2 Å². The predicted octanol–water partition coefficient (Wildman–Crippen LogP) is 0.562. The Hall–Kier alpha value is -2.18. The number of nitriles is 1. The number of nitrogens with two attached hydrogens (primary N) is 2. The summed E-state index contributed by atoms with van der Waals surface area (Å²) in [5.41, 5.74) is 11.0. The largest absolute Gasteiger partial charge is 0.458 e. The van der Waals surface area contributed by atoms with Gasteiger partial charge in [0.1, 0.15) is 17.7 Å². The van der Waals surface area contributed by atoms with E-state index in [2.05, 4.69) is 11.4 Å². The Bertz CT molecular complexity index is 886. The second-order valence-corrected chi connectivity index (χ2v) is 11.4. The first-order valence-corrected chi connectivity index (χ1v) is 12.3. The second-order valence-electron chi connectivity index (χ2n) is 11.4. The highest BCUT2D eigenvalue weighted by Gasteiger charge is 2.64. The van der Waals surface area contributed by atoms with Crippen LogP contribution in [0.1, 0.15) is 64.2 Å². The van der Waals surface area contributed by atoms with Crippen LogP contribution in [-0.2, 0) is 19.1 Å². The van der Waals surface area contributed by atoms with Gasteiger partial charge in [-0.25, -0.2) is 0 Å². The number of hydrogen-bond acceptors (Lipinski definition) is 7. The number of rotatable bonds is 8. The van der Waals surface area contributed by atoms with Crippen LogP contribution in [0, 0.1) is 34.5 Å². The van der Waals surface area contributed by atoms with Crippen LogP contribution in [0.25, 0.3) is 0 Å². The minimum atomic E-state index is -0.674. The average molecular weight is 458 g/mol. The third-order valence-electron chi connectivity index (χ3n) is 9.12. The molecule has 6 fully saturated rings. The summed E-state index contributed by atoms with van der Waals surface area (Å²) in [6.45, 7) is 0. The highest BCUT2D eigenvalue weighted by Crippen LogP contribution is 2.64. The Morgan fingerprint density at radius 2 is 1.88 bits per heavy atom. The average Bonchev–Trinajstić information content (AvgIpc) is 3.41. The number of amides is 2. The van der Waals surface area contributed by atoms with Gasteiger partial charge in [0, 0.05) is 12.5 Å². The van der Waals surface area contributed by atoms with E-state index >= 15 is 0 Å². The molecule has 5 N–H and O–H groups in total. The molecule has 1 heterocycles. The zero-order valence-corrected chi connectivity index (χ0v) is 19.3. The van der Waals surface area contributed by atoms with Gasteiger partial charge in [0.05, 0.1) is 12.1 Å². The van der Waals surface area contributed by atoms with Crippen LogP contribution in [-0.4, -0.2) is 59.5 Å². The van der Waals surface area contributed by atoms with Gasteiger partial charge in [-0.1, -0.05) is 0 Å². The van der Waals surface area contributed by atoms with Crippen molar-refractivity contribution >= 4 is 17.8 Å². The van der Waals surface area contributed by atoms with Gasteiger partial charge < -0.3 is 26.4 Å². The number of carbonyl (C=O) groups is 3. The molecule has 0 aromatic rings. The number of fused-ring (bicyclic) bond motifs is 1. The Labute approximate surface area is 194 Å². The molecular weight excluding hydrogens is 422 g/mol. The molecule has 0 spiro atoms. The smallest absolute Gasteiger partial charge is 0.323 e. The molecule has 7 atom stereocenters. The number of ether oxygens (including phenoxy) is 1. The van der Waals surface area contributed by atoms with Crippen molar-refractivity contribution in [3.63, 3.8) is 0 Å². The maximum absolute atomic E-state index is 13.6. The van der Waals surface area contributed by atoms with Crippen molar-refractivity contribution in [3.8, 4) is 6.07 Å². The fourth-order valence-electron chi connectivity index (χ4n) is 7.99. The molecule has 0 radical (unpaired) electrons. The van der Waals surface area contributed by atoms with Crippen molar-refractivity contribution < 1.29 is 19.1 Å². The summed E-state index contributed by atoms with van der Waals surface area (Å²) in [4.78, 5) is 39.6. The Morgan fingerprint density at radius 1 is 1.18 bits per heavy atom. The lowest BCUT2D eigenvalue weighted by molar-refractivity contribution is -0.207. The lowest BCUT2D eigenvalue weighted by Gasteiger charge is -2.62. The molecule has 180 valence electrons. The molecule has 1 aliphatic heterocycles. The van der Waals surface area contributed by atoms with Crippen LogP contribution < -0.4 is 16.8 Å². The van der Waals surface area contributed by atoms with E-state index in [0.717, 1.165) is 44.9 Å². The lowest BCUT2D eigenvalue weighted by Crippen LogP contribution is -2.66. The van der Waals surface area contributed by atoms with E-state index in [1.807, 2.05) is 0 Å². The van der Waals surface area contributed by atoms with Gasteiger partial charge in [-0.2, -0.15) is 5.26 Å². The van der Waals surface area contributed by atoms with E-state index in [0.29, 0.717) is 30.6 Å². The number of esters is 1. The van der Waals surface area contributed by atoms with E-state index < -0.39 is 29.0 Å². The molecule has 6 rings (SSSR count). The number of hydrogen-bond donors (Lipinski definition) is 3. The maximum atomic E-state index is 13.6. The number of likely N-dealkylation sites (tertiary alicyclic amines) is 1. The first-order chi connectivity index (χ1) is 15.7. The summed E-state index contributed by atoms with van der Waals surface area (Å²) in [6.07, 6.45) is 7.20. The first kappa shape index (κ1) is 22.6. The Balaban J connectivity index is 1.34. The monoisotopic (exact) mass is 457 g/mol. The van der Waals surface area contributed by atoms with Crippen LogP contribution in [0.3, 0.4) is 0 Å². The summed E-state index contributed by atoms with van der Waals surface area (Å²) in [7, 11) is 1.68. The second kappa shape index (κ2) is 7.95. The molecule has 7 unspecified atom stereocenters. The van der Waals surface area contributed by atoms with Crippen molar-refractivity contribution in [2.45, 2.75) is 94.0 Å². The summed E-state index contributed by atoms with van der Waals surface area (Å²) < 4.78 is 6.20. The zero-order valence-electron chi connectivity index (χ0n) is 19.3. The van der Waals surface area contributed by atoms with Gasteiger partial charge in [0.2, 0.25) is 11.8 Å². The van der Waals surface area contributed by atoms with Crippen LogP contribution in [0.2, 0.25) is 0 Å². The number of piperidine rings is 1. The molecule has 1 saturated heterocycles. The molecule has 4 bridgehead atoms. The van der Waals surface area contributed by atoms with Crippen molar-refractivity contribution in [2.24, 2.45) is 34.6 Å². The fraction of sp³-hybridized carbons (Fsp3) is 0.833. The normalized spacial score (nSPS) is 41.7. The number of primary amides is 1. The van der Waals surface area contributed by atoms with Gasteiger partial charge in [0.25, 0.3) is 0 Å². The molecular formula is C24H35N5O4. The SMILES string of the molecule is CNC(CCC(N)=O)C(=O)OC12CC3CC(C1)CC(C(N)C(=O)N1C(C#N)CC4CC41)(C3)C2. The molecule has 9 nitrogen and oxygen atoms in total. The van der Waals surface area contributed by atoms with E-state index in [1.165, 1.54) is 0 Å². The first-order valence-electron chi connectivity index (χ1n) is 12.3. The molecule has 0 aromatic heterocycles. The van der Waals surface area contributed by atoms with Crippen LogP contribution in [0.15, 0.2) is 0 Å². The van der Waals surface area contributed by atoms with Gasteiger partial charge in [-0.05, 0) is 88.0 Å². The van der Waals surface area contributed by atoms with Crippen molar-refractivity contribution in [1.29, 1.82) is 5.26 Å². The van der Waals surface area contributed by atoms with Gasteiger partial charge in [0.15, 0.2) is 0 Å².